The van der Waals surface area contributed by atoms with Gasteiger partial charge in [0.1, 0.15) is 0 Å². The van der Waals surface area contributed by atoms with Crippen molar-refractivity contribution < 1.29 is 0 Å². The zero-order valence-electron chi connectivity index (χ0n) is 9.02. The largest absolute Gasteiger partial charge is 0.381 e. The lowest BCUT2D eigenvalue weighted by molar-refractivity contribution is 0.620. The summed E-state index contributed by atoms with van der Waals surface area (Å²) in [5, 5.41) is 7.74. The number of rotatable bonds is 3. The van der Waals surface area contributed by atoms with Gasteiger partial charge in [-0.3, -0.25) is 0 Å². The predicted molar refractivity (Wildman–Crippen MR) is 66.9 cm³/mol. The molecule has 1 aliphatic rings. The Morgan fingerprint density at radius 1 is 1.40 bits per heavy atom. The summed E-state index contributed by atoms with van der Waals surface area (Å²) in [6.45, 7) is 3.22. The van der Waals surface area contributed by atoms with Crippen molar-refractivity contribution in [1.29, 1.82) is 0 Å². The first-order valence-electron chi connectivity index (χ1n) is 5.59. The molecule has 1 atom stereocenters. The molecule has 2 rings (SSSR count). The Balaban J connectivity index is 2.03. The lowest BCUT2D eigenvalue weighted by Gasteiger charge is -2.28. The number of fused-ring (bicyclic) bond motifs is 1. The molecule has 0 fully saturated rings. The molecule has 0 radical (unpaired) electrons. The van der Waals surface area contributed by atoms with Crippen molar-refractivity contribution in [2.45, 2.75) is 32.2 Å². The lowest BCUT2D eigenvalue weighted by Crippen LogP contribution is -2.32. The van der Waals surface area contributed by atoms with Gasteiger partial charge in [0, 0.05) is 17.6 Å². The summed E-state index contributed by atoms with van der Waals surface area (Å²) in [5.41, 5.74) is 2.29. The van der Waals surface area contributed by atoms with Gasteiger partial charge >= 0.3 is 0 Å². The fraction of sp³-hybridized carbons (Fsp3) is 0.500. The molecule has 1 heterocycles. The van der Waals surface area contributed by atoms with Crippen molar-refractivity contribution in [2.75, 3.05) is 17.2 Å². The molecule has 2 nitrogen and oxygen atoms in total. The summed E-state index contributed by atoms with van der Waals surface area (Å²) in [7, 11) is 0. The molecular weight excluding hydrogens is 208 g/mol. The minimum Gasteiger partial charge on any atom is -0.381 e. The summed E-state index contributed by atoms with van der Waals surface area (Å²) < 4.78 is 0. The summed E-state index contributed by atoms with van der Waals surface area (Å²) in [5.74, 6) is 0. The van der Waals surface area contributed by atoms with Gasteiger partial charge in [-0.15, -0.1) is 0 Å². The molecule has 1 unspecified atom stereocenters. The molecule has 1 aliphatic heterocycles. The van der Waals surface area contributed by atoms with Crippen LogP contribution in [-0.4, -0.2) is 12.6 Å². The van der Waals surface area contributed by atoms with Gasteiger partial charge in [0.2, 0.25) is 0 Å². The number of nitrogens with one attached hydrogen (secondary N) is 2. The average Bonchev–Trinajstić information content (AvgIpc) is 2.26. The Morgan fingerprint density at radius 3 is 3.07 bits per heavy atom. The molecule has 15 heavy (non-hydrogen) atoms. The highest BCUT2D eigenvalue weighted by molar-refractivity contribution is 6.31. The molecule has 0 spiro atoms. The molecule has 0 bridgehead atoms. The third-order valence-electron chi connectivity index (χ3n) is 2.79. The monoisotopic (exact) mass is 224 g/mol. The Hall–Kier alpha value is -0.890. The Bertz CT molecular complexity index is 338. The van der Waals surface area contributed by atoms with Gasteiger partial charge in [-0.25, -0.2) is 0 Å². The quantitative estimate of drug-likeness (QED) is 0.818. The van der Waals surface area contributed by atoms with E-state index >= 15 is 0 Å². The van der Waals surface area contributed by atoms with Gasteiger partial charge in [0.15, 0.2) is 0 Å². The van der Waals surface area contributed by atoms with Crippen LogP contribution in [0.2, 0.25) is 5.02 Å². The van der Waals surface area contributed by atoms with E-state index in [0.717, 1.165) is 17.3 Å². The molecule has 0 saturated heterocycles. The fourth-order valence-corrected chi connectivity index (χ4v) is 2.09. The van der Waals surface area contributed by atoms with Gasteiger partial charge in [0.25, 0.3) is 0 Å². The second-order valence-electron chi connectivity index (χ2n) is 4.05. The van der Waals surface area contributed by atoms with Crippen LogP contribution < -0.4 is 10.6 Å². The van der Waals surface area contributed by atoms with Crippen molar-refractivity contribution in [3.05, 3.63) is 23.2 Å². The van der Waals surface area contributed by atoms with E-state index in [9.17, 15) is 0 Å². The summed E-state index contributed by atoms with van der Waals surface area (Å²) >= 11 is 5.93. The molecule has 82 valence electrons. The molecule has 3 heteroatoms. The van der Waals surface area contributed by atoms with Gasteiger partial charge in [-0.1, -0.05) is 31.4 Å². The van der Waals surface area contributed by atoms with Crippen molar-refractivity contribution in [3.8, 4) is 0 Å². The van der Waals surface area contributed by atoms with E-state index in [2.05, 4.69) is 17.6 Å². The van der Waals surface area contributed by atoms with Crippen LogP contribution in [0.15, 0.2) is 18.2 Å². The maximum absolute atomic E-state index is 5.93. The number of benzene rings is 1. The predicted octanol–water partition coefficient (Wildman–Crippen LogP) is 3.74. The molecule has 0 aliphatic carbocycles. The van der Waals surface area contributed by atoms with E-state index in [1.165, 1.54) is 24.9 Å². The third kappa shape index (κ3) is 2.57. The van der Waals surface area contributed by atoms with Crippen LogP contribution in [-0.2, 0) is 0 Å². The standard InChI is InChI=1S/C12H17ClN2/c1-2-3-4-10-8-14-12-7-9(13)5-6-11(12)15-10/h5-7,10,14-15H,2-4,8H2,1H3. The summed E-state index contributed by atoms with van der Waals surface area (Å²) in [6.07, 6.45) is 3.76. The summed E-state index contributed by atoms with van der Waals surface area (Å²) in [6, 6.07) is 6.50. The van der Waals surface area contributed by atoms with Gasteiger partial charge in [-0.05, 0) is 24.6 Å². The number of unbranched alkanes of at least 4 members (excludes halogenated alkanes) is 1. The molecule has 0 aromatic heterocycles. The number of hydrogen-bond donors (Lipinski definition) is 2. The fourth-order valence-electron chi connectivity index (χ4n) is 1.92. The maximum Gasteiger partial charge on any atom is 0.0591 e. The minimum absolute atomic E-state index is 0.554. The van der Waals surface area contributed by atoms with Crippen LogP contribution in [0.1, 0.15) is 26.2 Å². The molecule has 0 amide bonds. The Kier molecular flexibility index (Phi) is 3.37. The molecule has 1 aromatic carbocycles. The van der Waals surface area contributed by atoms with Gasteiger partial charge < -0.3 is 10.6 Å². The summed E-state index contributed by atoms with van der Waals surface area (Å²) in [4.78, 5) is 0. The zero-order valence-corrected chi connectivity index (χ0v) is 9.77. The lowest BCUT2D eigenvalue weighted by atomic mass is 10.1. The molecule has 2 N–H and O–H groups in total. The van der Waals surface area contributed by atoms with Crippen LogP contribution in [0.25, 0.3) is 0 Å². The van der Waals surface area contributed by atoms with Crippen molar-refractivity contribution in [3.63, 3.8) is 0 Å². The first-order valence-corrected chi connectivity index (χ1v) is 5.97. The highest BCUT2D eigenvalue weighted by Crippen LogP contribution is 2.29. The normalized spacial score (nSPS) is 18.9. The SMILES string of the molecule is CCCCC1CNc2cc(Cl)ccc2N1. The van der Waals surface area contributed by atoms with E-state index in [-0.39, 0.29) is 0 Å². The van der Waals surface area contributed by atoms with Crippen molar-refractivity contribution in [1.82, 2.24) is 0 Å². The maximum atomic E-state index is 5.93. The van der Waals surface area contributed by atoms with E-state index in [1.807, 2.05) is 18.2 Å². The number of anilines is 2. The van der Waals surface area contributed by atoms with Gasteiger partial charge in [0.05, 0.1) is 11.4 Å². The highest BCUT2D eigenvalue weighted by Gasteiger charge is 2.16. The van der Waals surface area contributed by atoms with Crippen molar-refractivity contribution >= 4 is 23.0 Å². The highest BCUT2D eigenvalue weighted by atomic mass is 35.5. The first kappa shape index (κ1) is 10.6. The second-order valence-corrected chi connectivity index (χ2v) is 4.49. The van der Waals surface area contributed by atoms with Crippen LogP contribution >= 0.6 is 11.6 Å². The van der Waals surface area contributed by atoms with Crippen LogP contribution in [0.3, 0.4) is 0 Å². The second kappa shape index (κ2) is 4.75. The van der Waals surface area contributed by atoms with E-state index in [1.54, 1.807) is 0 Å². The molecule has 0 saturated carbocycles. The Morgan fingerprint density at radius 2 is 2.27 bits per heavy atom. The van der Waals surface area contributed by atoms with E-state index < -0.39 is 0 Å². The van der Waals surface area contributed by atoms with Crippen LogP contribution in [0, 0.1) is 0 Å². The topological polar surface area (TPSA) is 24.1 Å². The molecular formula is C12H17ClN2. The number of hydrogen-bond acceptors (Lipinski definition) is 2. The van der Waals surface area contributed by atoms with Crippen LogP contribution in [0.4, 0.5) is 11.4 Å². The number of halogens is 1. The molecule has 1 aromatic rings. The first-order chi connectivity index (χ1) is 7.29. The van der Waals surface area contributed by atoms with Gasteiger partial charge in [-0.2, -0.15) is 0 Å². The average molecular weight is 225 g/mol. The van der Waals surface area contributed by atoms with E-state index in [0.29, 0.717) is 6.04 Å². The zero-order chi connectivity index (χ0) is 10.7. The van der Waals surface area contributed by atoms with Crippen molar-refractivity contribution in [2.24, 2.45) is 0 Å². The van der Waals surface area contributed by atoms with E-state index in [4.69, 9.17) is 11.6 Å². The van der Waals surface area contributed by atoms with Crippen LogP contribution in [0.5, 0.6) is 0 Å². The smallest absolute Gasteiger partial charge is 0.0591 e. The Labute approximate surface area is 96.0 Å². The minimum atomic E-state index is 0.554. The third-order valence-corrected chi connectivity index (χ3v) is 3.02.